The van der Waals surface area contributed by atoms with E-state index in [1.54, 1.807) is 0 Å². The normalized spacial score (nSPS) is 14.7. The number of carbonyl (C=O) groups excluding carboxylic acids is 1. The minimum atomic E-state index is -0.197. The van der Waals surface area contributed by atoms with E-state index in [0.717, 1.165) is 55.1 Å². The molecule has 0 bridgehead atoms. The Morgan fingerprint density at radius 2 is 1.97 bits per heavy atom. The Morgan fingerprint density at radius 3 is 2.77 bits per heavy atom. The first-order valence-corrected chi connectivity index (χ1v) is 10.5. The number of amides is 1. The number of nitrogens with one attached hydrogen (secondary N) is 1. The lowest BCUT2D eigenvalue weighted by molar-refractivity contribution is 0.0322. The van der Waals surface area contributed by atoms with Gasteiger partial charge in [-0.2, -0.15) is 0 Å². The molecule has 1 saturated heterocycles. The van der Waals surface area contributed by atoms with E-state index in [1.807, 2.05) is 60.1 Å². The monoisotopic (exact) mass is 427 g/mol. The predicted molar refractivity (Wildman–Crippen MR) is 118 cm³/mol. The molecule has 1 amide bonds. The fraction of sp³-hybridized carbons (Fsp3) is 0.348. The first-order valence-electron chi connectivity index (χ1n) is 10.2. The molecule has 4 rings (SSSR count). The fourth-order valence-corrected chi connectivity index (χ4v) is 4.10. The second kappa shape index (κ2) is 9.51. The van der Waals surface area contributed by atoms with E-state index in [2.05, 4.69) is 10.2 Å². The average molecular weight is 428 g/mol. The van der Waals surface area contributed by atoms with E-state index in [-0.39, 0.29) is 5.91 Å². The minimum absolute atomic E-state index is 0.197. The number of hydrogen-bond donors (Lipinski definition) is 1. The Kier molecular flexibility index (Phi) is 6.57. The van der Waals surface area contributed by atoms with Crippen molar-refractivity contribution in [2.24, 2.45) is 7.05 Å². The molecule has 0 radical (unpaired) electrons. The average Bonchev–Trinajstić information content (AvgIpc) is 3.04. The molecular formula is C23H26ClN3O3. The Bertz CT molecular complexity index is 989. The van der Waals surface area contributed by atoms with Crippen molar-refractivity contribution in [1.29, 1.82) is 0 Å². The number of aryl methyl sites for hydroxylation is 1. The van der Waals surface area contributed by atoms with Crippen molar-refractivity contribution in [3.05, 3.63) is 64.8 Å². The number of benzene rings is 2. The largest absolute Gasteiger partial charge is 0.492 e. The summed E-state index contributed by atoms with van der Waals surface area (Å²) in [6.07, 6.45) is 0. The number of nitrogens with zero attached hydrogens (tertiary/aromatic N) is 2. The minimum Gasteiger partial charge on any atom is -0.492 e. The van der Waals surface area contributed by atoms with Gasteiger partial charge in [0.1, 0.15) is 18.1 Å². The van der Waals surface area contributed by atoms with Crippen LogP contribution in [-0.4, -0.2) is 54.8 Å². The maximum atomic E-state index is 12.8. The van der Waals surface area contributed by atoms with Crippen molar-refractivity contribution in [3.63, 3.8) is 0 Å². The van der Waals surface area contributed by atoms with Crippen molar-refractivity contribution in [2.75, 3.05) is 39.5 Å². The zero-order valence-corrected chi connectivity index (χ0v) is 17.8. The zero-order chi connectivity index (χ0) is 20.9. The zero-order valence-electron chi connectivity index (χ0n) is 17.1. The predicted octanol–water partition coefficient (Wildman–Crippen LogP) is 3.47. The molecule has 158 valence electrons. The van der Waals surface area contributed by atoms with Gasteiger partial charge in [-0.15, -0.1) is 0 Å². The summed E-state index contributed by atoms with van der Waals surface area (Å²) in [6.45, 7) is 5.38. The lowest BCUT2D eigenvalue weighted by Crippen LogP contribution is -2.38. The standard InChI is InChI=1S/C23H26ClN3O3/c1-26-20-8-3-2-7-19(20)21(24)22(26)23(28)25-16-17-5-4-6-18(15-17)30-14-11-27-9-12-29-13-10-27/h2-8,15H,9-14,16H2,1H3,(H,25,28). The fourth-order valence-electron chi connectivity index (χ4n) is 3.73. The Hall–Kier alpha value is -2.54. The first kappa shape index (κ1) is 20.7. The summed E-state index contributed by atoms with van der Waals surface area (Å²) in [6, 6.07) is 15.5. The van der Waals surface area contributed by atoms with Gasteiger partial charge in [0.15, 0.2) is 0 Å². The SMILES string of the molecule is Cn1c(C(=O)NCc2cccc(OCCN3CCOCC3)c2)c(Cl)c2ccccc21. The van der Waals surface area contributed by atoms with Crippen LogP contribution < -0.4 is 10.1 Å². The smallest absolute Gasteiger partial charge is 0.269 e. The second-order valence-corrected chi connectivity index (χ2v) is 7.75. The van der Waals surface area contributed by atoms with Gasteiger partial charge in [-0.1, -0.05) is 41.9 Å². The van der Waals surface area contributed by atoms with Crippen molar-refractivity contribution in [1.82, 2.24) is 14.8 Å². The summed E-state index contributed by atoms with van der Waals surface area (Å²) in [5, 5.41) is 4.33. The molecule has 6 nitrogen and oxygen atoms in total. The van der Waals surface area contributed by atoms with Crippen molar-refractivity contribution < 1.29 is 14.3 Å². The third-order valence-corrected chi connectivity index (χ3v) is 5.77. The molecule has 30 heavy (non-hydrogen) atoms. The van der Waals surface area contributed by atoms with Crippen LogP contribution in [-0.2, 0) is 18.3 Å². The van der Waals surface area contributed by atoms with Gasteiger partial charge in [0.05, 0.1) is 18.2 Å². The van der Waals surface area contributed by atoms with Crippen molar-refractivity contribution in [2.45, 2.75) is 6.54 Å². The Morgan fingerprint density at radius 1 is 1.17 bits per heavy atom. The molecular weight excluding hydrogens is 402 g/mol. The Balaban J connectivity index is 1.35. The van der Waals surface area contributed by atoms with E-state index >= 15 is 0 Å². The number of rotatable bonds is 7. The topological polar surface area (TPSA) is 55.7 Å². The Labute approximate surface area is 181 Å². The number of carbonyl (C=O) groups is 1. The lowest BCUT2D eigenvalue weighted by Gasteiger charge is -2.26. The van der Waals surface area contributed by atoms with Gasteiger partial charge in [-0.25, -0.2) is 0 Å². The molecule has 1 N–H and O–H groups in total. The van der Waals surface area contributed by atoms with E-state index < -0.39 is 0 Å². The third kappa shape index (κ3) is 4.61. The van der Waals surface area contributed by atoms with Gasteiger partial charge in [0.25, 0.3) is 5.91 Å². The van der Waals surface area contributed by atoms with Crippen LogP contribution in [0.1, 0.15) is 16.1 Å². The molecule has 1 aliphatic rings. The first-order chi connectivity index (χ1) is 14.6. The number of para-hydroxylation sites is 1. The maximum Gasteiger partial charge on any atom is 0.269 e. The summed E-state index contributed by atoms with van der Waals surface area (Å²) < 4.78 is 13.1. The molecule has 3 aromatic rings. The number of halogens is 1. The van der Waals surface area contributed by atoms with E-state index in [1.165, 1.54) is 0 Å². The third-order valence-electron chi connectivity index (χ3n) is 5.39. The quantitative estimate of drug-likeness (QED) is 0.627. The van der Waals surface area contributed by atoms with Crippen molar-refractivity contribution >= 4 is 28.4 Å². The molecule has 0 unspecified atom stereocenters. The van der Waals surface area contributed by atoms with E-state index in [4.69, 9.17) is 21.1 Å². The summed E-state index contributed by atoms with van der Waals surface area (Å²) >= 11 is 6.47. The lowest BCUT2D eigenvalue weighted by atomic mass is 10.2. The number of morpholine rings is 1. The summed E-state index contributed by atoms with van der Waals surface area (Å²) in [5.41, 5.74) is 2.38. The molecule has 0 spiro atoms. The van der Waals surface area contributed by atoms with Crippen LogP contribution in [0.4, 0.5) is 0 Å². The molecule has 1 aliphatic heterocycles. The number of aromatic nitrogens is 1. The van der Waals surface area contributed by atoms with Gasteiger partial charge in [0, 0.05) is 44.1 Å². The molecule has 1 aromatic heterocycles. The highest BCUT2D eigenvalue weighted by atomic mass is 35.5. The van der Waals surface area contributed by atoms with Gasteiger partial charge >= 0.3 is 0 Å². The van der Waals surface area contributed by atoms with Crippen LogP contribution >= 0.6 is 11.6 Å². The van der Waals surface area contributed by atoms with Crippen LogP contribution in [0.5, 0.6) is 5.75 Å². The van der Waals surface area contributed by atoms with Gasteiger partial charge in [-0.05, 0) is 23.8 Å². The highest BCUT2D eigenvalue weighted by Crippen LogP contribution is 2.29. The molecule has 7 heteroatoms. The summed E-state index contributed by atoms with van der Waals surface area (Å²) in [7, 11) is 1.85. The van der Waals surface area contributed by atoms with Crippen LogP contribution in [0, 0.1) is 0 Å². The number of fused-ring (bicyclic) bond motifs is 1. The molecule has 0 atom stereocenters. The number of hydrogen-bond acceptors (Lipinski definition) is 4. The summed E-state index contributed by atoms with van der Waals surface area (Å²) in [4.78, 5) is 15.1. The van der Waals surface area contributed by atoms with E-state index in [9.17, 15) is 4.79 Å². The van der Waals surface area contributed by atoms with Crippen molar-refractivity contribution in [3.8, 4) is 5.75 Å². The highest BCUT2D eigenvalue weighted by molar-refractivity contribution is 6.38. The maximum absolute atomic E-state index is 12.8. The molecule has 1 fully saturated rings. The van der Waals surface area contributed by atoms with Crippen LogP contribution in [0.2, 0.25) is 5.02 Å². The molecule has 0 aliphatic carbocycles. The second-order valence-electron chi connectivity index (χ2n) is 7.37. The van der Waals surface area contributed by atoms with Crippen LogP contribution in [0.25, 0.3) is 10.9 Å². The van der Waals surface area contributed by atoms with E-state index in [0.29, 0.717) is 23.9 Å². The summed E-state index contributed by atoms with van der Waals surface area (Å²) in [5.74, 6) is 0.606. The highest BCUT2D eigenvalue weighted by Gasteiger charge is 2.19. The van der Waals surface area contributed by atoms with Crippen LogP contribution in [0.15, 0.2) is 48.5 Å². The van der Waals surface area contributed by atoms with Gasteiger partial charge in [-0.3, -0.25) is 9.69 Å². The number of ether oxygens (including phenoxy) is 2. The van der Waals surface area contributed by atoms with Crippen LogP contribution in [0.3, 0.4) is 0 Å². The van der Waals surface area contributed by atoms with Gasteiger partial charge < -0.3 is 19.4 Å². The molecule has 0 saturated carbocycles. The molecule has 2 aromatic carbocycles. The molecule has 2 heterocycles. The van der Waals surface area contributed by atoms with Gasteiger partial charge in [0.2, 0.25) is 0 Å².